The zero-order valence-electron chi connectivity index (χ0n) is 9.21. The van der Waals surface area contributed by atoms with Crippen molar-refractivity contribution in [3.63, 3.8) is 0 Å². The summed E-state index contributed by atoms with van der Waals surface area (Å²) in [4.78, 5) is 21.8. The second-order valence-corrected chi connectivity index (χ2v) is 3.96. The van der Waals surface area contributed by atoms with Gasteiger partial charge in [0.15, 0.2) is 0 Å². The van der Waals surface area contributed by atoms with Gasteiger partial charge >= 0.3 is 0 Å². The number of fused-ring (bicyclic) bond motifs is 1. The molecule has 1 aliphatic rings. The molecule has 84 valence electrons. The van der Waals surface area contributed by atoms with Crippen molar-refractivity contribution >= 4 is 11.6 Å². The third-order valence-electron chi connectivity index (χ3n) is 2.94. The number of anilines is 1. The zero-order chi connectivity index (χ0) is 11.7. The average molecular weight is 225 g/mol. The summed E-state index contributed by atoms with van der Waals surface area (Å²) < 4.78 is 0. The molecule has 0 saturated heterocycles. The predicted octanol–water partition coefficient (Wildman–Crippen LogP) is 1.68. The summed E-state index contributed by atoms with van der Waals surface area (Å²) in [5, 5.41) is 0. The number of rotatable bonds is 1. The van der Waals surface area contributed by atoms with Crippen molar-refractivity contribution in [1.29, 1.82) is 0 Å². The topological polar surface area (TPSA) is 46.1 Å². The first kappa shape index (κ1) is 9.96. The molecule has 0 spiro atoms. The maximum absolute atomic E-state index is 12.3. The summed E-state index contributed by atoms with van der Waals surface area (Å²) in [7, 11) is 0. The summed E-state index contributed by atoms with van der Waals surface area (Å²) in [6.07, 6.45) is 5.44. The van der Waals surface area contributed by atoms with Crippen molar-refractivity contribution in [3.05, 3.63) is 54.1 Å². The van der Waals surface area contributed by atoms with E-state index in [1.807, 2.05) is 18.2 Å². The lowest BCUT2D eigenvalue weighted by molar-refractivity contribution is 0.0988. The van der Waals surface area contributed by atoms with Gasteiger partial charge in [0.1, 0.15) is 6.33 Å². The summed E-state index contributed by atoms with van der Waals surface area (Å²) in [6, 6.07) is 7.98. The van der Waals surface area contributed by atoms with Crippen LogP contribution in [0.25, 0.3) is 0 Å². The average Bonchev–Trinajstić information content (AvgIpc) is 2.83. The molecular weight excluding hydrogens is 214 g/mol. The fourth-order valence-electron chi connectivity index (χ4n) is 2.11. The van der Waals surface area contributed by atoms with Gasteiger partial charge in [-0.05, 0) is 18.1 Å². The molecule has 0 bridgehead atoms. The van der Waals surface area contributed by atoms with Crippen LogP contribution >= 0.6 is 0 Å². The molecule has 1 amide bonds. The molecule has 4 heteroatoms. The second-order valence-electron chi connectivity index (χ2n) is 3.96. The molecule has 17 heavy (non-hydrogen) atoms. The lowest BCUT2D eigenvalue weighted by Crippen LogP contribution is -2.29. The van der Waals surface area contributed by atoms with Crippen molar-refractivity contribution in [2.45, 2.75) is 6.42 Å². The van der Waals surface area contributed by atoms with Gasteiger partial charge in [-0.25, -0.2) is 9.97 Å². The number of nitrogens with zero attached hydrogens (tertiary/aromatic N) is 3. The monoisotopic (exact) mass is 225 g/mol. The van der Waals surface area contributed by atoms with Crippen LogP contribution in [-0.2, 0) is 6.42 Å². The van der Waals surface area contributed by atoms with Gasteiger partial charge in [-0.3, -0.25) is 4.79 Å². The van der Waals surface area contributed by atoms with Crippen LogP contribution in [0.15, 0.2) is 43.0 Å². The minimum atomic E-state index is -0.0319. The molecule has 1 aromatic carbocycles. The smallest absolute Gasteiger partial charge is 0.261 e. The lowest BCUT2D eigenvalue weighted by atomic mass is 10.2. The van der Waals surface area contributed by atoms with Gasteiger partial charge in [-0.15, -0.1) is 0 Å². The van der Waals surface area contributed by atoms with E-state index in [-0.39, 0.29) is 5.91 Å². The third kappa shape index (κ3) is 1.67. The Morgan fingerprint density at radius 3 is 2.76 bits per heavy atom. The number of hydrogen-bond donors (Lipinski definition) is 0. The Morgan fingerprint density at radius 2 is 1.94 bits per heavy atom. The summed E-state index contributed by atoms with van der Waals surface area (Å²) in [6.45, 7) is 0.729. The quantitative estimate of drug-likeness (QED) is 0.741. The molecule has 0 aliphatic carbocycles. The van der Waals surface area contributed by atoms with E-state index in [4.69, 9.17) is 0 Å². The van der Waals surface area contributed by atoms with Crippen LogP contribution in [0.5, 0.6) is 0 Å². The van der Waals surface area contributed by atoms with Crippen LogP contribution in [0.3, 0.4) is 0 Å². The van der Waals surface area contributed by atoms with E-state index in [0.717, 1.165) is 18.7 Å². The van der Waals surface area contributed by atoms with Crippen molar-refractivity contribution in [2.75, 3.05) is 11.4 Å². The molecule has 3 rings (SSSR count). The van der Waals surface area contributed by atoms with Gasteiger partial charge in [-0.2, -0.15) is 0 Å². The summed E-state index contributed by atoms with van der Waals surface area (Å²) in [5.74, 6) is -0.0319. The number of amides is 1. The van der Waals surface area contributed by atoms with Gasteiger partial charge < -0.3 is 4.90 Å². The molecule has 4 nitrogen and oxygen atoms in total. The number of hydrogen-bond acceptors (Lipinski definition) is 3. The Labute approximate surface area is 98.9 Å². The molecule has 0 N–H and O–H groups in total. The Bertz CT molecular complexity index is 554. The number of aromatic nitrogens is 2. The highest BCUT2D eigenvalue weighted by Crippen LogP contribution is 2.28. The number of benzene rings is 1. The first-order valence-corrected chi connectivity index (χ1v) is 5.51. The highest BCUT2D eigenvalue weighted by Gasteiger charge is 2.25. The Hall–Kier alpha value is -2.23. The van der Waals surface area contributed by atoms with Gasteiger partial charge in [0.2, 0.25) is 0 Å². The van der Waals surface area contributed by atoms with Crippen molar-refractivity contribution in [3.8, 4) is 0 Å². The van der Waals surface area contributed by atoms with E-state index in [1.165, 1.54) is 11.9 Å². The predicted molar refractivity (Wildman–Crippen MR) is 63.9 cm³/mol. The molecule has 0 unspecified atom stereocenters. The van der Waals surface area contributed by atoms with Gasteiger partial charge in [0, 0.05) is 24.6 Å². The van der Waals surface area contributed by atoms with Crippen molar-refractivity contribution in [2.24, 2.45) is 0 Å². The first-order valence-electron chi connectivity index (χ1n) is 5.51. The Morgan fingerprint density at radius 1 is 1.18 bits per heavy atom. The molecule has 0 atom stereocenters. The number of carbonyl (C=O) groups excluding carboxylic acids is 1. The molecule has 1 aliphatic heterocycles. The third-order valence-corrected chi connectivity index (χ3v) is 2.94. The minimum Gasteiger partial charge on any atom is -0.308 e. The Balaban J connectivity index is 1.95. The maximum atomic E-state index is 12.3. The van der Waals surface area contributed by atoms with Crippen LogP contribution in [0.2, 0.25) is 0 Å². The minimum absolute atomic E-state index is 0.0319. The van der Waals surface area contributed by atoms with Crippen molar-refractivity contribution in [1.82, 2.24) is 9.97 Å². The highest BCUT2D eigenvalue weighted by molar-refractivity contribution is 6.06. The molecule has 0 radical (unpaired) electrons. The normalized spacial score (nSPS) is 13.5. The molecule has 2 heterocycles. The fraction of sp³-hybridized carbons (Fsp3) is 0.154. The molecule has 1 aromatic heterocycles. The van der Waals surface area contributed by atoms with E-state index in [9.17, 15) is 4.79 Å². The van der Waals surface area contributed by atoms with Gasteiger partial charge in [0.05, 0.1) is 5.56 Å². The fourth-order valence-corrected chi connectivity index (χ4v) is 2.11. The van der Waals surface area contributed by atoms with Crippen molar-refractivity contribution < 1.29 is 4.79 Å². The van der Waals surface area contributed by atoms with E-state index in [0.29, 0.717) is 5.56 Å². The van der Waals surface area contributed by atoms with E-state index in [1.54, 1.807) is 17.3 Å². The number of para-hydroxylation sites is 1. The summed E-state index contributed by atoms with van der Waals surface area (Å²) in [5.41, 5.74) is 2.75. The van der Waals surface area contributed by atoms with E-state index < -0.39 is 0 Å². The molecule has 2 aromatic rings. The van der Waals surface area contributed by atoms with Gasteiger partial charge in [-0.1, -0.05) is 18.2 Å². The van der Waals surface area contributed by atoms with Crippen LogP contribution in [0.4, 0.5) is 5.69 Å². The van der Waals surface area contributed by atoms with Crippen LogP contribution in [0.1, 0.15) is 15.9 Å². The lowest BCUT2D eigenvalue weighted by Gasteiger charge is -2.16. The SMILES string of the molecule is O=C(c1cncnc1)N1CCc2ccccc21. The maximum Gasteiger partial charge on any atom is 0.261 e. The number of carbonyl (C=O) groups is 1. The van der Waals surface area contributed by atoms with Crippen LogP contribution in [0, 0.1) is 0 Å². The van der Waals surface area contributed by atoms with Crippen LogP contribution < -0.4 is 4.90 Å². The first-order chi connectivity index (χ1) is 8.36. The summed E-state index contributed by atoms with van der Waals surface area (Å²) >= 11 is 0. The standard InChI is InChI=1S/C13H11N3O/c17-13(11-7-14-9-15-8-11)16-6-5-10-3-1-2-4-12(10)16/h1-4,7-9H,5-6H2. The molecule has 0 fully saturated rings. The van der Waals surface area contributed by atoms with Gasteiger partial charge in [0.25, 0.3) is 5.91 Å². The second kappa shape index (κ2) is 3.97. The van der Waals surface area contributed by atoms with E-state index in [2.05, 4.69) is 16.0 Å². The van der Waals surface area contributed by atoms with E-state index >= 15 is 0 Å². The molecule has 0 saturated carbocycles. The zero-order valence-corrected chi connectivity index (χ0v) is 9.21. The largest absolute Gasteiger partial charge is 0.308 e. The molecular formula is C13H11N3O. The highest BCUT2D eigenvalue weighted by atomic mass is 16.2. The Kier molecular flexibility index (Phi) is 2.33. The van der Waals surface area contributed by atoms with Crippen LogP contribution in [-0.4, -0.2) is 22.4 Å².